The summed E-state index contributed by atoms with van der Waals surface area (Å²) in [6, 6.07) is -1.07. The molecule has 0 saturated carbocycles. The predicted molar refractivity (Wildman–Crippen MR) is 80.3 cm³/mol. The summed E-state index contributed by atoms with van der Waals surface area (Å²) >= 11 is 1.57. The highest BCUT2D eigenvalue weighted by Gasteiger charge is 2.68. The first kappa shape index (κ1) is 14.7. The number of hydrogen-bond donors (Lipinski definition) is 1. The van der Waals surface area contributed by atoms with Gasteiger partial charge < -0.3 is 10.0 Å². The Bertz CT molecular complexity index is 502. The van der Waals surface area contributed by atoms with E-state index >= 15 is 0 Å². The smallest absolute Gasteiger partial charge is 0.327 e. The molecule has 116 valence electrons. The van der Waals surface area contributed by atoms with Crippen LogP contribution in [0.15, 0.2) is 0 Å². The molecule has 0 bridgehead atoms. The molecular weight excluding hydrogens is 290 g/mol. The molecule has 7 heteroatoms. The molecule has 0 radical (unpaired) electrons. The third kappa shape index (κ3) is 2.13. The summed E-state index contributed by atoms with van der Waals surface area (Å²) in [4.78, 5) is 25.5. The fourth-order valence-electron chi connectivity index (χ4n) is 3.58. The molecule has 0 aliphatic carbocycles. The van der Waals surface area contributed by atoms with Crippen molar-refractivity contribution in [2.24, 2.45) is 0 Å². The largest absolute Gasteiger partial charge is 0.480 e. The van der Waals surface area contributed by atoms with E-state index in [0.29, 0.717) is 0 Å². The van der Waals surface area contributed by atoms with E-state index in [1.165, 1.54) is 11.3 Å². The maximum Gasteiger partial charge on any atom is 0.327 e. The van der Waals surface area contributed by atoms with Crippen LogP contribution in [0.5, 0.6) is 0 Å². The molecule has 3 fully saturated rings. The zero-order valence-electron chi connectivity index (χ0n) is 12.5. The molecule has 6 nitrogen and oxygen atoms in total. The average molecular weight is 312 g/mol. The summed E-state index contributed by atoms with van der Waals surface area (Å²) < 4.78 is 1.33. The molecule has 3 rings (SSSR count). The molecule has 3 heterocycles. The summed E-state index contributed by atoms with van der Waals surface area (Å²) in [5, 5.41) is 11.4. The molecule has 3 saturated heterocycles. The number of carbonyl (C=O) groups excluding carboxylic acids is 1. The van der Waals surface area contributed by atoms with E-state index in [4.69, 9.17) is 0 Å². The molecule has 3 aliphatic rings. The summed E-state index contributed by atoms with van der Waals surface area (Å²) in [7, 11) is 0. The summed E-state index contributed by atoms with van der Waals surface area (Å²) in [6.45, 7) is 9.71. The maximum absolute atomic E-state index is 12.5. The number of carbonyl (C=O) groups is 2. The fourth-order valence-corrected chi connectivity index (χ4v) is 5.27. The van der Waals surface area contributed by atoms with Gasteiger partial charge in [0.15, 0.2) is 12.1 Å². The van der Waals surface area contributed by atoms with Crippen LogP contribution in [-0.4, -0.2) is 73.6 Å². The van der Waals surface area contributed by atoms with Crippen LogP contribution in [0.25, 0.3) is 0 Å². The molecular formula is C14H22N3O3S+. The Balaban J connectivity index is 1.78. The van der Waals surface area contributed by atoms with Crippen LogP contribution in [0.2, 0.25) is 0 Å². The summed E-state index contributed by atoms with van der Waals surface area (Å²) in [5.41, 5.74) is 0. The van der Waals surface area contributed by atoms with E-state index in [-0.39, 0.29) is 17.3 Å². The molecule has 0 unspecified atom stereocenters. The van der Waals surface area contributed by atoms with E-state index < -0.39 is 16.8 Å². The van der Waals surface area contributed by atoms with Gasteiger partial charge in [0.25, 0.3) is 11.9 Å². The second-order valence-corrected chi connectivity index (χ2v) is 8.27. The van der Waals surface area contributed by atoms with Gasteiger partial charge in [0.2, 0.25) is 0 Å². The van der Waals surface area contributed by atoms with E-state index in [0.717, 1.165) is 25.9 Å². The molecule has 0 aromatic heterocycles. The number of piperidine rings is 1. The van der Waals surface area contributed by atoms with Crippen molar-refractivity contribution in [3.05, 3.63) is 0 Å². The number of fused-ring (bicyclic) bond motifs is 1. The lowest BCUT2D eigenvalue weighted by molar-refractivity contribution is -0.710. The molecule has 0 aromatic carbocycles. The maximum atomic E-state index is 12.5. The van der Waals surface area contributed by atoms with Crippen LogP contribution in [0.1, 0.15) is 33.1 Å². The number of hydrogen-bond acceptors (Lipinski definition) is 4. The van der Waals surface area contributed by atoms with Crippen molar-refractivity contribution in [1.29, 1.82) is 0 Å². The molecule has 3 aliphatic heterocycles. The number of hydrazone groups is 1. The number of carboxylic acid groups (broad SMARTS) is 1. The topological polar surface area (TPSA) is 63.9 Å². The van der Waals surface area contributed by atoms with Crippen molar-refractivity contribution < 1.29 is 19.4 Å². The predicted octanol–water partition coefficient (Wildman–Crippen LogP) is 0.616. The minimum absolute atomic E-state index is 0.104. The zero-order chi connectivity index (χ0) is 15.4. The molecule has 1 amide bonds. The third-order valence-electron chi connectivity index (χ3n) is 4.66. The minimum Gasteiger partial charge on any atom is -0.480 e. The number of hydrazine groups is 1. The third-order valence-corrected chi connectivity index (χ3v) is 6.22. The van der Waals surface area contributed by atoms with Crippen LogP contribution < -0.4 is 0 Å². The standard InChI is InChI=1S/C14H21N3O3S/c1-14(2)10(13(19)20)17-11(18)9(12(17)21-14)15(3)16-7-5-4-6-8-16/h9-10,12H,3-8H2,1-2H3/p+1/t9-,10+,12-/m1/s1. The normalized spacial score (nSPS) is 34.4. The summed E-state index contributed by atoms with van der Waals surface area (Å²) in [5.74, 6) is -1.03. The first-order valence-corrected chi connectivity index (χ1v) is 8.30. The van der Waals surface area contributed by atoms with E-state index in [9.17, 15) is 14.7 Å². The van der Waals surface area contributed by atoms with Crippen molar-refractivity contribution in [3.63, 3.8) is 0 Å². The Kier molecular flexibility index (Phi) is 3.43. The number of carboxylic acids is 1. The van der Waals surface area contributed by atoms with E-state index in [2.05, 4.69) is 11.7 Å². The highest BCUT2D eigenvalue weighted by molar-refractivity contribution is 8.01. The van der Waals surface area contributed by atoms with E-state index in [1.54, 1.807) is 16.4 Å². The van der Waals surface area contributed by atoms with Crippen molar-refractivity contribution in [2.75, 3.05) is 13.1 Å². The number of thioether (sulfide) groups is 1. The van der Waals surface area contributed by atoms with Gasteiger partial charge in [-0.05, 0) is 33.1 Å². The molecule has 1 N–H and O–H groups in total. The van der Waals surface area contributed by atoms with Crippen LogP contribution >= 0.6 is 11.8 Å². The molecule has 3 atom stereocenters. The quantitative estimate of drug-likeness (QED) is 0.470. The fraction of sp³-hybridized carbons (Fsp3) is 0.786. The van der Waals surface area contributed by atoms with Gasteiger partial charge in [-0.25, -0.2) is 4.79 Å². The first-order chi connectivity index (χ1) is 9.84. The lowest BCUT2D eigenvalue weighted by atomic mass is 9.96. The second kappa shape index (κ2) is 4.90. The summed E-state index contributed by atoms with van der Waals surface area (Å²) in [6.07, 6.45) is 3.47. The molecule has 0 aromatic rings. The zero-order valence-corrected chi connectivity index (χ0v) is 13.3. The van der Waals surface area contributed by atoms with Crippen LogP contribution in [0.3, 0.4) is 0 Å². The number of amides is 1. The van der Waals surface area contributed by atoms with Gasteiger partial charge in [-0.2, -0.15) is 5.01 Å². The van der Waals surface area contributed by atoms with Gasteiger partial charge in [0.05, 0.1) is 13.1 Å². The monoisotopic (exact) mass is 312 g/mol. The Morgan fingerprint density at radius 1 is 1.38 bits per heavy atom. The van der Waals surface area contributed by atoms with Gasteiger partial charge in [-0.1, -0.05) is 0 Å². The Hall–Kier alpha value is -1.24. The number of aliphatic carboxylic acids is 1. The SMILES string of the molecule is C=[N+]([C@@H]1C(=O)N2[C@@H]1SC(C)(C)[C@@H]2C(=O)O)N1CCCCC1. The van der Waals surface area contributed by atoms with Crippen LogP contribution in [0.4, 0.5) is 0 Å². The van der Waals surface area contributed by atoms with Crippen molar-refractivity contribution in [2.45, 2.75) is 55.3 Å². The van der Waals surface area contributed by atoms with Crippen molar-refractivity contribution in [1.82, 2.24) is 9.91 Å². The van der Waals surface area contributed by atoms with Crippen molar-refractivity contribution in [3.8, 4) is 0 Å². The van der Waals surface area contributed by atoms with E-state index in [1.807, 2.05) is 13.8 Å². The van der Waals surface area contributed by atoms with Crippen LogP contribution in [-0.2, 0) is 9.59 Å². The lowest BCUT2D eigenvalue weighted by Crippen LogP contribution is -2.70. The van der Waals surface area contributed by atoms with Crippen molar-refractivity contribution >= 4 is 30.4 Å². The van der Waals surface area contributed by atoms with Gasteiger partial charge in [0.1, 0.15) is 6.04 Å². The van der Waals surface area contributed by atoms with Gasteiger partial charge in [0, 0.05) is 4.75 Å². The van der Waals surface area contributed by atoms with Gasteiger partial charge in [-0.3, -0.25) is 4.79 Å². The Labute approximate surface area is 128 Å². The number of rotatable bonds is 3. The number of nitrogens with zero attached hydrogens (tertiary/aromatic N) is 3. The van der Waals surface area contributed by atoms with Gasteiger partial charge >= 0.3 is 5.97 Å². The Morgan fingerprint density at radius 3 is 2.57 bits per heavy atom. The first-order valence-electron chi connectivity index (χ1n) is 7.42. The second-order valence-electron chi connectivity index (χ2n) is 6.50. The minimum atomic E-state index is -0.921. The lowest BCUT2D eigenvalue weighted by Gasteiger charge is -2.42. The van der Waals surface area contributed by atoms with Crippen LogP contribution in [0, 0.1) is 0 Å². The number of β-lactam (4-membered cyclic amide) rings is 1. The molecule has 21 heavy (non-hydrogen) atoms. The average Bonchev–Trinajstić information content (AvgIpc) is 2.68. The molecule has 0 spiro atoms. The Morgan fingerprint density at radius 2 is 2.00 bits per heavy atom. The highest BCUT2D eigenvalue weighted by atomic mass is 32.2. The highest BCUT2D eigenvalue weighted by Crippen LogP contribution is 2.51. The van der Waals surface area contributed by atoms with Gasteiger partial charge in [-0.15, -0.1) is 16.4 Å².